The van der Waals surface area contributed by atoms with E-state index in [1.165, 1.54) is 11.0 Å². The van der Waals surface area contributed by atoms with Crippen LogP contribution in [0.4, 0.5) is 0 Å². The van der Waals surface area contributed by atoms with Gasteiger partial charge in [-0.25, -0.2) is 0 Å². The normalized spacial score (nSPS) is 11.5. The number of hydrogen-bond acceptors (Lipinski definition) is 0. The van der Waals surface area contributed by atoms with E-state index in [4.69, 9.17) is 0 Å². The van der Waals surface area contributed by atoms with E-state index in [1.54, 1.807) is 0 Å². The maximum atomic E-state index is 2.17. The summed E-state index contributed by atoms with van der Waals surface area (Å²) in [5.74, 6) is 0. The first kappa shape index (κ1) is 7.14. The van der Waals surface area contributed by atoms with Crippen molar-refractivity contribution >= 4 is 13.9 Å². The smallest absolute Gasteiger partial charge is 0.112 e. The maximum absolute atomic E-state index is 2.17. The van der Waals surface area contributed by atoms with Crippen LogP contribution in [0.25, 0.3) is 6.08 Å². The first-order valence-corrected chi connectivity index (χ1v) is 3.49. The molecule has 0 amide bonds. The molecule has 0 aliphatic rings. The zero-order valence-electron chi connectivity index (χ0n) is 6.46. The minimum Gasteiger partial charge on any atom is -0.112 e. The minimum atomic E-state index is 1.28. The lowest BCUT2D eigenvalue weighted by Crippen LogP contribution is -1.73. The fourth-order valence-electron chi connectivity index (χ4n) is 0.883. The van der Waals surface area contributed by atoms with Crippen molar-refractivity contribution in [3.8, 4) is 0 Å². The summed E-state index contributed by atoms with van der Waals surface area (Å²) >= 11 is 0. The van der Waals surface area contributed by atoms with Gasteiger partial charge in [0.05, 0.1) is 0 Å². The van der Waals surface area contributed by atoms with Crippen molar-refractivity contribution < 1.29 is 0 Å². The molecule has 10 heavy (non-hydrogen) atoms. The van der Waals surface area contributed by atoms with E-state index in [1.807, 2.05) is 6.07 Å². The summed E-state index contributed by atoms with van der Waals surface area (Å²) in [6.45, 7) is 2.10. The molecule has 0 N–H and O–H groups in total. The van der Waals surface area contributed by atoms with E-state index >= 15 is 0 Å². The van der Waals surface area contributed by atoms with Crippen LogP contribution in [0.3, 0.4) is 0 Å². The van der Waals surface area contributed by atoms with Crippen molar-refractivity contribution in [3.63, 3.8) is 0 Å². The molecule has 0 spiro atoms. The van der Waals surface area contributed by atoms with Gasteiger partial charge in [0.2, 0.25) is 0 Å². The van der Waals surface area contributed by atoms with Gasteiger partial charge in [-0.2, -0.15) is 0 Å². The van der Waals surface area contributed by atoms with E-state index in [0.29, 0.717) is 0 Å². The van der Waals surface area contributed by atoms with Crippen LogP contribution in [-0.2, 0) is 0 Å². The third-order valence-electron chi connectivity index (χ3n) is 1.25. The topological polar surface area (TPSA) is 0 Å². The van der Waals surface area contributed by atoms with Crippen molar-refractivity contribution in [2.75, 3.05) is 0 Å². The summed E-state index contributed by atoms with van der Waals surface area (Å²) in [4.78, 5) is 0. The van der Waals surface area contributed by atoms with Gasteiger partial charge >= 0.3 is 0 Å². The van der Waals surface area contributed by atoms with Crippen LogP contribution in [0.15, 0.2) is 35.8 Å². The fraction of sp³-hybridized carbons (Fsp3) is 0.111. The molecular weight excluding hydrogens is 119 g/mol. The van der Waals surface area contributed by atoms with Crippen LogP contribution in [0.2, 0.25) is 0 Å². The monoisotopic (exact) mass is 130 g/mol. The van der Waals surface area contributed by atoms with E-state index in [9.17, 15) is 0 Å². The molecule has 0 atom stereocenters. The van der Waals surface area contributed by atoms with Crippen LogP contribution in [0, 0.1) is 0 Å². The van der Waals surface area contributed by atoms with Crippen LogP contribution in [0.5, 0.6) is 0 Å². The van der Waals surface area contributed by atoms with Crippen LogP contribution >= 0.6 is 0 Å². The van der Waals surface area contributed by atoms with Gasteiger partial charge in [-0.1, -0.05) is 43.3 Å². The third-order valence-corrected chi connectivity index (χ3v) is 1.25. The molecule has 50 valence electrons. The minimum absolute atomic E-state index is 1.28. The molecular formula is C9H11B. The van der Waals surface area contributed by atoms with Crippen molar-refractivity contribution in [1.29, 1.82) is 0 Å². The number of rotatable bonds is 1. The van der Waals surface area contributed by atoms with Gasteiger partial charge < -0.3 is 0 Å². The lowest BCUT2D eigenvalue weighted by molar-refractivity contribution is 1.62. The standard InChI is InChI=1S/C9H11B/c1-8(10)7-9-5-3-2-4-6-9/h2-7H,10H2,1H3/b8-7+. The van der Waals surface area contributed by atoms with E-state index in [0.717, 1.165) is 0 Å². The average molecular weight is 130 g/mol. The van der Waals surface area contributed by atoms with E-state index < -0.39 is 0 Å². The Bertz CT molecular complexity index is 220. The molecule has 0 saturated carbocycles. The fourth-order valence-corrected chi connectivity index (χ4v) is 0.883. The molecule has 0 aliphatic heterocycles. The van der Waals surface area contributed by atoms with Gasteiger partial charge in [0, 0.05) is 0 Å². The van der Waals surface area contributed by atoms with Gasteiger partial charge in [0.1, 0.15) is 7.85 Å². The second kappa shape index (κ2) is 3.26. The largest absolute Gasteiger partial charge is 0.133 e. The molecule has 0 saturated heterocycles. The van der Waals surface area contributed by atoms with E-state index in [2.05, 4.69) is 45.1 Å². The Hall–Kier alpha value is -0.975. The molecule has 0 unspecified atom stereocenters. The van der Waals surface area contributed by atoms with Crippen molar-refractivity contribution in [2.45, 2.75) is 6.92 Å². The molecule has 0 nitrogen and oxygen atoms in total. The molecule has 0 aromatic heterocycles. The van der Waals surface area contributed by atoms with Gasteiger partial charge in [0.25, 0.3) is 0 Å². The van der Waals surface area contributed by atoms with E-state index in [-0.39, 0.29) is 0 Å². The molecule has 0 aliphatic carbocycles. The Labute approximate surface area is 63.0 Å². The van der Waals surface area contributed by atoms with Gasteiger partial charge in [0.15, 0.2) is 0 Å². The lowest BCUT2D eigenvalue weighted by Gasteiger charge is -1.91. The summed E-state index contributed by atoms with van der Waals surface area (Å²) in [5, 5.41) is 0. The summed E-state index contributed by atoms with van der Waals surface area (Å²) in [5.41, 5.74) is 2.62. The van der Waals surface area contributed by atoms with Crippen molar-refractivity contribution in [1.82, 2.24) is 0 Å². The third kappa shape index (κ3) is 2.10. The Morgan fingerprint density at radius 3 is 2.40 bits per heavy atom. The second-order valence-electron chi connectivity index (χ2n) is 2.63. The average Bonchev–Trinajstić information content (AvgIpc) is 1.88. The molecule has 0 radical (unpaired) electrons. The highest BCUT2D eigenvalue weighted by Crippen LogP contribution is 2.02. The Morgan fingerprint density at radius 1 is 1.30 bits per heavy atom. The van der Waals surface area contributed by atoms with Gasteiger partial charge in [-0.05, 0) is 5.56 Å². The molecule has 0 fully saturated rings. The Kier molecular flexibility index (Phi) is 2.32. The molecule has 1 aromatic carbocycles. The Morgan fingerprint density at radius 2 is 1.90 bits per heavy atom. The molecule has 0 bridgehead atoms. The number of benzene rings is 1. The SMILES string of the molecule is B/C(C)=C/c1ccccc1. The summed E-state index contributed by atoms with van der Waals surface area (Å²) in [6, 6.07) is 10.3. The second-order valence-corrected chi connectivity index (χ2v) is 2.63. The molecule has 1 aromatic rings. The lowest BCUT2D eigenvalue weighted by atomic mass is 9.96. The summed E-state index contributed by atoms with van der Waals surface area (Å²) < 4.78 is 0. The van der Waals surface area contributed by atoms with Crippen LogP contribution in [-0.4, -0.2) is 7.85 Å². The highest BCUT2D eigenvalue weighted by molar-refractivity contribution is 6.23. The zero-order chi connectivity index (χ0) is 7.40. The molecule has 1 rings (SSSR count). The number of hydrogen-bond donors (Lipinski definition) is 0. The molecule has 0 heterocycles. The number of allylic oxidation sites excluding steroid dienone is 1. The summed E-state index contributed by atoms with van der Waals surface area (Å²) in [7, 11) is 2.10. The molecule has 1 heteroatoms. The predicted octanol–water partition coefficient (Wildman–Crippen LogP) is 1.68. The van der Waals surface area contributed by atoms with Crippen LogP contribution in [0.1, 0.15) is 12.5 Å². The first-order valence-electron chi connectivity index (χ1n) is 3.49. The van der Waals surface area contributed by atoms with Gasteiger partial charge in [-0.3, -0.25) is 0 Å². The maximum Gasteiger partial charge on any atom is 0.133 e. The zero-order valence-corrected chi connectivity index (χ0v) is 6.46. The highest BCUT2D eigenvalue weighted by atomic mass is 13.9. The highest BCUT2D eigenvalue weighted by Gasteiger charge is 1.82. The quantitative estimate of drug-likeness (QED) is 0.507. The van der Waals surface area contributed by atoms with Crippen LogP contribution < -0.4 is 0 Å². The Balaban J connectivity index is 2.87. The summed E-state index contributed by atoms with van der Waals surface area (Å²) in [6.07, 6.45) is 2.17. The predicted molar refractivity (Wildman–Crippen MR) is 48.6 cm³/mol. The van der Waals surface area contributed by atoms with Gasteiger partial charge in [-0.15, -0.1) is 5.47 Å². The van der Waals surface area contributed by atoms with Crippen molar-refractivity contribution in [2.24, 2.45) is 0 Å². The first-order chi connectivity index (χ1) is 4.79. The van der Waals surface area contributed by atoms with Crippen molar-refractivity contribution in [3.05, 3.63) is 41.4 Å².